The van der Waals surface area contributed by atoms with Gasteiger partial charge in [-0.15, -0.1) is 0 Å². The highest BCUT2D eigenvalue weighted by molar-refractivity contribution is 5.74. The van der Waals surface area contributed by atoms with E-state index in [9.17, 15) is 34.5 Å². The zero-order valence-electron chi connectivity index (χ0n) is 49.1. The summed E-state index contributed by atoms with van der Waals surface area (Å²) in [5.41, 5.74) is 0. The number of aliphatic hydroxyl groups excluding tert-OH is 2. The number of unbranched alkanes of at least 4 members (excludes halogenated alkanes) is 16. The number of aliphatic carboxylic acids is 1. The Kier molecular flexibility index (Phi) is 49.1. The van der Waals surface area contributed by atoms with Crippen LogP contribution in [0.5, 0.6) is 0 Å². The van der Waals surface area contributed by atoms with Crippen LogP contribution < -0.4 is 0 Å². The van der Waals surface area contributed by atoms with Crippen molar-refractivity contribution in [3.05, 3.63) is 122 Å². The molecule has 446 valence electrons. The van der Waals surface area contributed by atoms with E-state index in [1.165, 1.54) is 57.8 Å². The molecule has 0 amide bonds. The normalized spacial score (nSPS) is 18.7. The second-order valence-corrected chi connectivity index (χ2v) is 20.2. The Bertz CT molecular complexity index is 1840. The van der Waals surface area contributed by atoms with Crippen molar-refractivity contribution in [3.8, 4) is 0 Å². The van der Waals surface area contributed by atoms with Gasteiger partial charge in [0.2, 0.25) is 0 Å². The Morgan fingerprint density at radius 2 is 0.810 bits per heavy atom. The van der Waals surface area contributed by atoms with Gasteiger partial charge >= 0.3 is 23.9 Å². The summed E-state index contributed by atoms with van der Waals surface area (Å²) in [6.45, 7) is 5.68. The first-order valence-corrected chi connectivity index (χ1v) is 30.5. The van der Waals surface area contributed by atoms with Gasteiger partial charge in [-0.2, -0.15) is 0 Å². The molecule has 6 atom stereocenters. The second-order valence-electron chi connectivity index (χ2n) is 20.2. The lowest BCUT2D eigenvalue weighted by Gasteiger charge is -2.40. The number of rotatable bonds is 50. The number of hydrogen-bond acceptors (Lipinski definition) is 11. The number of carboxylic acids is 1. The van der Waals surface area contributed by atoms with Crippen molar-refractivity contribution in [2.24, 2.45) is 0 Å². The number of esters is 3. The summed E-state index contributed by atoms with van der Waals surface area (Å²) in [4.78, 5) is 51.2. The van der Waals surface area contributed by atoms with Gasteiger partial charge in [0, 0.05) is 19.3 Å². The Labute approximate surface area is 478 Å². The van der Waals surface area contributed by atoms with Gasteiger partial charge in [0.25, 0.3) is 0 Å². The number of carbonyl (C=O) groups is 4. The maximum atomic E-state index is 13.2. The molecule has 1 rings (SSSR count). The summed E-state index contributed by atoms with van der Waals surface area (Å²) in [5, 5.41) is 31.5. The fourth-order valence-corrected chi connectivity index (χ4v) is 8.39. The minimum atomic E-state index is -1.93. The molecule has 12 heteroatoms. The fraction of sp³-hybridized carbons (Fsp3) is 0.642. The molecular formula is C67H106O12. The van der Waals surface area contributed by atoms with Gasteiger partial charge in [0.1, 0.15) is 18.8 Å². The predicted molar refractivity (Wildman–Crippen MR) is 321 cm³/mol. The highest BCUT2D eigenvalue weighted by atomic mass is 16.7. The molecule has 0 aliphatic carbocycles. The zero-order valence-corrected chi connectivity index (χ0v) is 49.1. The monoisotopic (exact) mass is 1100 g/mol. The van der Waals surface area contributed by atoms with E-state index in [-0.39, 0.29) is 25.9 Å². The van der Waals surface area contributed by atoms with Crippen molar-refractivity contribution in [1.29, 1.82) is 0 Å². The first kappa shape index (κ1) is 72.1. The first-order valence-electron chi connectivity index (χ1n) is 30.5. The van der Waals surface area contributed by atoms with Crippen LogP contribution in [0.3, 0.4) is 0 Å². The van der Waals surface area contributed by atoms with Crippen LogP contribution in [0.2, 0.25) is 0 Å². The van der Waals surface area contributed by atoms with Gasteiger partial charge in [-0.3, -0.25) is 14.4 Å². The molecule has 3 N–H and O–H groups in total. The van der Waals surface area contributed by atoms with E-state index in [0.29, 0.717) is 32.1 Å². The fourth-order valence-electron chi connectivity index (χ4n) is 8.39. The Morgan fingerprint density at radius 3 is 1.29 bits per heavy atom. The molecule has 1 saturated heterocycles. The lowest BCUT2D eigenvalue weighted by Crippen LogP contribution is -2.61. The van der Waals surface area contributed by atoms with Crippen molar-refractivity contribution in [3.63, 3.8) is 0 Å². The second kappa shape index (κ2) is 53.7. The third-order valence-corrected chi connectivity index (χ3v) is 13.0. The number of allylic oxidation sites excluding steroid dienone is 20. The highest BCUT2D eigenvalue weighted by Crippen LogP contribution is 2.26. The summed E-state index contributed by atoms with van der Waals surface area (Å²) in [7, 11) is 0. The zero-order chi connectivity index (χ0) is 57.5. The number of ether oxygens (including phenoxy) is 5. The lowest BCUT2D eigenvalue weighted by atomic mass is 9.98. The Balaban J connectivity index is 2.76. The average molecular weight is 1100 g/mol. The van der Waals surface area contributed by atoms with E-state index in [4.69, 9.17) is 23.7 Å². The van der Waals surface area contributed by atoms with E-state index in [2.05, 4.69) is 136 Å². The molecule has 0 aromatic heterocycles. The Morgan fingerprint density at radius 1 is 0.430 bits per heavy atom. The predicted octanol–water partition coefficient (Wildman–Crippen LogP) is 16.0. The number of carbonyl (C=O) groups excluding carboxylic acids is 3. The summed E-state index contributed by atoms with van der Waals surface area (Å²) in [6, 6.07) is 0. The molecular weight excluding hydrogens is 997 g/mol. The lowest BCUT2D eigenvalue weighted by molar-refractivity contribution is -0.301. The van der Waals surface area contributed by atoms with Crippen LogP contribution in [0.1, 0.15) is 226 Å². The maximum Gasteiger partial charge on any atom is 0.335 e. The minimum absolute atomic E-state index is 0.00379. The summed E-state index contributed by atoms with van der Waals surface area (Å²) in [6.07, 6.45) is 61.7. The van der Waals surface area contributed by atoms with Crippen molar-refractivity contribution in [2.45, 2.75) is 263 Å². The number of aliphatic hydroxyl groups is 2. The van der Waals surface area contributed by atoms with E-state index in [1.54, 1.807) is 0 Å². The largest absolute Gasteiger partial charge is 0.479 e. The minimum Gasteiger partial charge on any atom is -0.479 e. The standard InChI is InChI=1S/C67H106O12/c1-4-7-10-13-16-19-22-25-28-30-33-35-38-41-44-47-50-53-59(68)75-56-58(77-60(69)54-51-48-45-42-39-37-34-31-29-26-23-20-17-14-11-8-5-2)57-76-67-65(63(72)62(71)64(79-67)66(73)74)78-61(70)55-52-49-46-43-40-36-32-27-24-21-18-15-12-9-6-3/h7,9-10,12,16,18-19,21,25-29,32-33,35,40-41,43-44,58,62-65,67,71-72H,4-6,8,11,13-15,17,20,22-24,30-31,34,36-39,42,45-57H2,1-3H3,(H,73,74)/b10-7-,12-9-,19-16-,21-18-,28-25-,29-26-,32-27-,35-33-,43-40-,44-41-. The molecule has 6 unspecified atom stereocenters. The summed E-state index contributed by atoms with van der Waals surface area (Å²) < 4.78 is 28.4. The molecule has 79 heavy (non-hydrogen) atoms. The molecule has 0 radical (unpaired) electrons. The molecule has 0 spiro atoms. The van der Waals surface area contributed by atoms with Crippen molar-refractivity contribution in [2.75, 3.05) is 13.2 Å². The summed E-state index contributed by atoms with van der Waals surface area (Å²) in [5.74, 6) is -3.27. The van der Waals surface area contributed by atoms with Gasteiger partial charge in [0.05, 0.1) is 6.61 Å². The SMILES string of the molecule is CC/C=C\C/C=C\C/C=C\C/C=C\C/C=C\CCCC(=O)OCC(COC1OC(C(=O)O)C(O)C(O)C1OC(=O)CCCC/C=C\C/C=C\C/C=C\C/C=C\CC)OC(=O)CCCCCCCCC/C=C\CCCCCCCC. The molecule has 1 heterocycles. The molecule has 12 nitrogen and oxygen atoms in total. The molecule has 0 aromatic rings. The molecule has 0 aromatic carbocycles. The Hall–Kier alpha value is -4.88. The quantitative estimate of drug-likeness (QED) is 0.0228. The van der Waals surface area contributed by atoms with Crippen LogP contribution in [-0.2, 0) is 42.9 Å². The molecule has 1 aliphatic rings. The van der Waals surface area contributed by atoms with Gasteiger partial charge in [-0.05, 0) is 122 Å². The van der Waals surface area contributed by atoms with Crippen LogP contribution in [-0.4, -0.2) is 89.2 Å². The average Bonchev–Trinajstić information content (AvgIpc) is 3.46. The summed E-state index contributed by atoms with van der Waals surface area (Å²) >= 11 is 0. The molecule has 0 bridgehead atoms. The van der Waals surface area contributed by atoms with Gasteiger partial charge in [-0.25, -0.2) is 4.79 Å². The van der Waals surface area contributed by atoms with Crippen LogP contribution in [0.15, 0.2) is 122 Å². The van der Waals surface area contributed by atoms with Gasteiger partial charge in [0.15, 0.2) is 24.6 Å². The number of carboxylic acid groups (broad SMARTS) is 1. The van der Waals surface area contributed by atoms with E-state index < -0.39 is 67.3 Å². The van der Waals surface area contributed by atoms with Crippen molar-refractivity contribution in [1.82, 2.24) is 0 Å². The maximum absolute atomic E-state index is 13.2. The van der Waals surface area contributed by atoms with Crippen LogP contribution in [0.4, 0.5) is 0 Å². The molecule has 0 saturated carbocycles. The van der Waals surface area contributed by atoms with Crippen LogP contribution >= 0.6 is 0 Å². The third kappa shape index (κ3) is 43.6. The number of hydrogen-bond donors (Lipinski definition) is 3. The molecule has 1 aliphatic heterocycles. The van der Waals surface area contributed by atoms with Crippen LogP contribution in [0.25, 0.3) is 0 Å². The topological polar surface area (TPSA) is 175 Å². The first-order chi connectivity index (χ1) is 38.6. The van der Waals surface area contributed by atoms with Crippen molar-refractivity contribution >= 4 is 23.9 Å². The van der Waals surface area contributed by atoms with Crippen LogP contribution in [0, 0.1) is 0 Å². The van der Waals surface area contributed by atoms with Gasteiger partial charge in [-0.1, -0.05) is 206 Å². The molecule has 1 fully saturated rings. The van der Waals surface area contributed by atoms with Gasteiger partial charge < -0.3 is 39.0 Å². The smallest absolute Gasteiger partial charge is 0.335 e. The highest BCUT2D eigenvalue weighted by Gasteiger charge is 2.50. The van der Waals surface area contributed by atoms with E-state index in [1.807, 2.05) is 6.08 Å². The van der Waals surface area contributed by atoms with E-state index in [0.717, 1.165) is 96.3 Å². The van der Waals surface area contributed by atoms with Crippen molar-refractivity contribution < 1.29 is 58.2 Å². The third-order valence-electron chi connectivity index (χ3n) is 13.0. The van der Waals surface area contributed by atoms with E-state index >= 15 is 0 Å².